The van der Waals surface area contributed by atoms with E-state index in [1.807, 2.05) is 5.32 Å². The van der Waals surface area contributed by atoms with Gasteiger partial charge in [-0.2, -0.15) is 13.2 Å². The topological polar surface area (TPSA) is 75.6 Å². The highest BCUT2D eigenvalue weighted by Gasteiger charge is 2.37. The SMILES string of the molecule is O=C(N[C@@H](C(=O)O)c1ccccc1C(F)(F)F)OCc1ccccc1. The maximum Gasteiger partial charge on any atom is 0.416 e. The van der Waals surface area contributed by atoms with Crippen LogP contribution < -0.4 is 5.32 Å². The molecular weight excluding hydrogens is 339 g/mol. The number of hydrogen-bond acceptors (Lipinski definition) is 3. The van der Waals surface area contributed by atoms with Crippen LogP contribution in [0.2, 0.25) is 0 Å². The maximum atomic E-state index is 13.0. The van der Waals surface area contributed by atoms with E-state index in [0.29, 0.717) is 5.56 Å². The van der Waals surface area contributed by atoms with E-state index in [1.54, 1.807) is 30.3 Å². The first-order valence-electron chi connectivity index (χ1n) is 7.15. The highest BCUT2D eigenvalue weighted by Crippen LogP contribution is 2.34. The van der Waals surface area contributed by atoms with Gasteiger partial charge in [0.15, 0.2) is 6.04 Å². The Bertz CT molecular complexity index is 747. The van der Waals surface area contributed by atoms with E-state index < -0.39 is 35.4 Å². The number of amides is 1. The number of halogens is 3. The molecule has 0 spiro atoms. The Morgan fingerprint density at radius 1 is 1.04 bits per heavy atom. The molecule has 1 atom stereocenters. The van der Waals surface area contributed by atoms with Gasteiger partial charge in [0.1, 0.15) is 6.61 Å². The van der Waals surface area contributed by atoms with Crippen LogP contribution in [0.4, 0.5) is 18.0 Å². The summed E-state index contributed by atoms with van der Waals surface area (Å²) in [5.41, 5.74) is -1.05. The van der Waals surface area contributed by atoms with Crippen molar-refractivity contribution in [3.8, 4) is 0 Å². The van der Waals surface area contributed by atoms with Gasteiger partial charge < -0.3 is 15.2 Å². The molecule has 0 aliphatic rings. The Balaban J connectivity index is 2.14. The van der Waals surface area contributed by atoms with Crippen LogP contribution >= 0.6 is 0 Å². The summed E-state index contributed by atoms with van der Waals surface area (Å²) in [6.45, 7) is -0.139. The Kier molecular flexibility index (Phi) is 5.63. The minimum Gasteiger partial charge on any atom is -0.479 e. The van der Waals surface area contributed by atoms with Crippen LogP contribution in [0.25, 0.3) is 0 Å². The molecule has 0 aliphatic carbocycles. The summed E-state index contributed by atoms with van der Waals surface area (Å²) >= 11 is 0. The number of hydrogen-bond donors (Lipinski definition) is 2. The largest absolute Gasteiger partial charge is 0.479 e. The van der Waals surface area contributed by atoms with Gasteiger partial charge in [-0.1, -0.05) is 48.5 Å². The first-order valence-corrected chi connectivity index (χ1v) is 7.15. The number of rotatable bonds is 5. The molecule has 2 aromatic rings. The molecule has 0 bridgehead atoms. The van der Waals surface area contributed by atoms with Gasteiger partial charge in [-0.05, 0) is 17.2 Å². The summed E-state index contributed by atoms with van der Waals surface area (Å²) in [6, 6.07) is 10.8. The Morgan fingerprint density at radius 3 is 2.24 bits per heavy atom. The van der Waals surface area contributed by atoms with Gasteiger partial charge in [0.2, 0.25) is 0 Å². The highest BCUT2D eigenvalue weighted by atomic mass is 19.4. The van der Waals surface area contributed by atoms with Gasteiger partial charge in [0.25, 0.3) is 0 Å². The van der Waals surface area contributed by atoms with E-state index in [-0.39, 0.29) is 6.61 Å². The molecule has 0 aliphatic heterocycles. The molecule has 1 amide bonds. The number of ether oxygens (including phenoxy) is 1. The summed E-state index contributed by atoms with van der Waals surface area (Å²) in [5, 5.41) is 11.2. The van der Waals surface area contributed by atoms with Crippen LogP contribution in [0.15, 0.2) is 54.6 Å². The van der Waals surface area contributed by atoms with Crippen molar-refractivity contribution in [2.45, 2.75) is 18.8 Å². The Labute approximate surface area is 141 Å². The second-order valence-corrected chi connectivity index (χ2v) is 5.06. The van der Waals surface area contributed by atoms with Crippen LogP contribution in [0, 0.1) is 0 Å². The summed E-state index contributed by atoms with van der Waals surface area (Å²) in [4.78, 5) is 23.1. The predicted octanol–water partition coefficient (Wildman–Crippen LogP) is 3.76. The van der Waals surface area contributed by atoms with Crippen molar-refractivity contribution in [1.29, 1.82) is 0 Å². The first kappa shape index (κ1) is 18.3. The number of carbonyl (C=O) groups is 2. The molecule has 8 heteroatoms. The maximum absolute atomic E-state index is 13.0. The van der Waals surface area contributed by atoms with Gasteiger partial charge in [-0.25, -0.2) is 9.59 Å². The molecule has 0 unspecified atom stereocenters. The van der Waals surface area contributed by atoms with Gasteiger partial charge in [-0.3, -0.25) is 0 Å². The number of alkyl carbamates (subject to hydrolysis) is 1. The minimum atomic E-state index is -4.75. The Hall–Kier alpha value is -3.03. The van der Waals surface area contributed by atoms with E-state index in [1.165, 1.54) is 6.07 Å². The monoisotopic (exact) mass is 353 g/mol. The number of carboxylic acids is 1. The molecule has 0 aromatic heterocycles. The van der Waals surface area contributed by atoms with E-state index in [0.717, 1.165) is 18.2 Å². The molecule has 2 N–H and O–H groups in total. The number of nitrogens with one attached hydrogen (secondary N) is 1. The molecule has 0 fully saturated rings. The third-order valence-corrected chi connectivity index (χ3v) is 3.30. The number of carboxylic acid groups (broad SMARTS) is 1. The van der Waals surface area contributed by atoms with Gasteiger partial charge in [0, 0.05) is 0 Å². The third-order valence-electron chi connectivity index (χ3n) is 3.30. The molecule has 25 heavy (non-hydrogen) atoms. The van der Waals surface area contributed by atoms with Crippen molar-refractivity contribution >= 4 is 12.1 Å². The van der Waals surface area contributed by atoms with Crippen LogP contribution in [-0.2, 0) is 22.3 Å². The lowest BCUT2D eigenvalue weighted by molar-refractivity contribution is -0.142. The molecule has 0 saturated heterocycles. The first-order chi connectivity index (χ1) is 11.8. The zero-order valence-electron chi connectivity index (χ0n) is 12.8. The van der Waals surface area contributed by atoms with Crippen molar-refractivity contribution in [1.82, 2.24) is 5.32 Å². The predicted molar refractivity (Wildman–Crippen MR) is 81.6 cm³/mol. The summed E-state index contributed by atoms with van der Waals surface area (Å²) in [5.74, 6) is -1.63. The average Bonchev–Trinajstić information content (AvgIpc) is 2.58. The van der Waals surface area contributed by atoms with Crippen LogP contribution in [0.1, 0.15) is 22.7 Å². The summed E-state index contributed by atoms with van der Waals surface area (Å²) in [6.07, 6.45) is -5.88. The fraction of sp³-hybridized carbons (Fsp3) is 0.176. The number of carbonyl (C=O) groups excluding carboxylic acids is 1. The lowest BCUT2D eigenvalue weighted by Gasteiger charge is -2.19. The molecule has 0 heterocycles. The van der Waals surface area contributed by atoms with Crippen molar-refractivity contribution in [3.05, 3.63) is 71.3 Å². The number of aliphatic carboxylic acids is 1. The highest BCUT2D eigenvalue weighted by molar-refractivity contribution is 5.81. The lowest BCUT2D eigenvalue weighted by Crippen LogP contribution is -2.35. The van der Waals surface area contributed by atoms with Crippen molar-refractivity contribution in [2.24, 2.45) is 0 Å². The molecule has 2 aromatic carbocycles. The second-order valence-electron chi connectivity index (χ2n) is 5.06. The molecule has 0 saturated carbocycles. The molecule has 132 valence electrons. The fourth-order valence-corrected chi connectivity index (χ4v) is 2.16. The molecule has 2 rings (SSSR count). The standard InChI is InChI=1S/C17H14F3NO4/c18-17(19,20)13-9-5-4-8-12(13)14(15(22)23)21-16(24)25-10-11-6-2-1-3-7-11/h1-9,14H,10H2,(H,21,24)(H,22,23)/t14-/m1/s1. The van der Waals surface area contributed by atoms with Gasteiger partial charge >= 0.3 is 18.2 Å². The third kappa shape index (κ3) is 4.97. The lowest BCUT2D eigenvalue weighted by atomic mass is 10.00. The molecule has 0 radical (unpaired) electrons. The van der Waals surface area contributed by atoms with E-state index in [2.05, 4.69) is 0 Å². The van der Waals surface area contributed by atoms with Crippen LogP contribution in [-0.4, -0.2) is 17.2 Å². The van der Waals surface area contributed by atoms with E-state index in [4.69, 9.17) is 4.74 Å². The van der Waals surface area contributed by atoms with Crippen molar-refractivity contribution < 1.29 is 32.6 Å². The Morgan fingerprint density at radius 2 is 1.64 bits per heavy atom. The van der Waals surface area contributed by atoms with Gasteiger partial charge in [-0.15, -0.1) is 0 Å². The average molecular weight is 353 g/mol. The van der Waals surface area contributed by atoms with E-state index in [9.17, 15) is 27.9 Å². The van der Waals surface area contributed by atoms with E-state index >= 15 is 0 Å². The zero-order chi connectivity index (χ0) is 18.4. The van der Waals surface area contributed by atoms with Crippen molar-refractivity contribution in [3.63, 3.8) is 0 Å². The fourth-order valence-electron chi connectivity index (χ4n) is 2.16. The molecular formula is C17H14F3NO4. The quantitative estimate of drug-likeness (QED) is 0.858. The smallest absolute Gasteiger partial charge is 0.416 e. The van der Waals surface area contributed by atoms with Crippen LogP contribution in [0.3, 0.4) is 0 Å². The molecule has 5 nitrogen and oxygen atoms in total. The zero-order valence-corrected chi connectivity index (χ0v) is 12.8. The second kappa shape index (κ2) is 7.69. The summed E-state index contributed by atoms with van der Waals surface area (Å²) in [7, 11) is 0. The number of benzene rings is 2. The summed E-state index contributed by atoms with van der Waals surface area (Å²) < 4.78 is 44.0. The normalized spacial score (nSPS) is 12.3. The van der Waals surface area contributed by atoms with Gasteiger partial charge in [0.05, 0.1) is 5.56 Å². The number of alkyl halides is 3. The van der Waals surface area contributed by atoms with Crippen LogP contribution in [0.5, 0.6) is 0 Å². The minimum absolute atomic E-state index is 0.139. The van der Waals surface area contributed by atoms with Crippen molar-refractivity contribution in [2.75, 3.05) is 0 Å².